The number of nitrogens with zero attached hydrogens (tertiary/aromatic N) is 1. The Morgan fingerprint density at radius 2 is 1.94 bits per heavy atom. The first-order valence-electron chi connectivity index (χ1n) is 5.99. The van der Waals surface area contributed by atoms with Crippen molar-refractivity contribution in [1.29, 1.82) is 0 Å². The molecule has 0 spiro atoms. The maximum atomic E-state index is 13.3. The first-order chi connectivity index (χ1) is 8.54. The Hall–Kier alpha value is -1.74. The molecule has 18 heavy (non-hydrogen) atoms. The summed E-state index contributed by atoms with van der Waals surface area (Å²) in [5, 5.41) is 0. The van der Waals surface area contributed by atoms with Gasteiger partial charge in [0.2, 0.25) is 0 Å². The van der Waals surface area contributed by atoms with Gasteiger partial charge in [-0.1, -0.05) is 12.1 Å². The summed E-state index contributed by atoms with van der Waals surface area (Å²) in [4.78, 5) is 4.31. The van der Waals surface area contributed by atoms with Crippen LogP contribution < -0.4 is 5.73 Å². The average Bonchev–Trinajstić information content (AvgIpc) is 2.31. The SMILES string of the molecule is Cc1ccc(CC(N)c2cc(C)cc(F)c2)nc1. The summed E-state index contributed by atoms with van der Waals surface area (Å²) < 4.78 is 13.3. The van der Waals surface area contributed by atoms with E-state index in [-0.39, 0.29) is 11.9 Å². The molecule has 3 heteroatoms. The molecule has 0 amide bonds. The molecule has 0 fully saturated rings. The van der Waals surface area contributed by atoms with Crippen molar-refractivity contribution in [2.75, 3.05) is 0 Å². The third-order valence-electron chi connectivity index (χ3n) is 2.89. The molecule has 2 rings (SSSR count). The number of halogens is 1. The van der Waals surface area contributed by atoms with E-state index in [4.69, 9.17) is 5.73 Å². The lowest BCUT2D eigenvalue weighted by Crippen LogP contribution is -2.14. The van der Waals surface area contributed by atoms with Crippen LogP contribution in [0.4, 0.5) is 4.39 Å². The molecule has 94 valence electrons. The van der Waals surface area contributed by atoms with Gasteiger partial charge in [0.05, 0.1) is 0 Å². The smallest absolute Gasteiger partial charge is 0.123 e. The predicted molar refractivity (Wildman–Crippen MR) is 70.7 cm³/mol. The highest BCUT2D eigenvalue weighted by atomic mass is 19.1. The van der Waals surface area contributed by atoms with Crippen molar-refractivity contribution in [2.24, 2.45) is 5.73 Å². The Bertz CT molecular complexity index is 514. The zero-order valence-corrected chi connectivity index (χ0v) is 10.7. The van der Waals surface area contributed by atoms with Crippen molar-refractivity contribution in [3.63, 3.8) is 0 Å². The number of rotatable bonds is 3. The summed E-state index contributed by atoms with van der Waals surface area (Å²) in [5.74, 6) is -0.239. The van der Waals surface area contributed by atoms with Crippen molar-refractivity contribution in [1.82, 2.24) is 4.98 Å². The monoisotopic (exact) mass is 244 g/mol. The molecule has 2 aromatic rings. The van der Waals surface area contributed by atoms with Crippen LogP contribution in [0.3, 0.4) is 0 Å². The summed E-state index contributed by atoms with van der Waals surface area (Å²) >= 11 is 0. The Kier molecular flexibility index (Phi) is 3.72. The molecular formula is C15H17FN2. The fourth-order valence-corrected chi connectivity index (χ4v) is 1.94. The van der Waals surface area contributed by atoms with Gasteiger partial charge in [-0.15, -0.1) is 0 Å². The highest BCUT2D eigenvalue weighted by Gasteiger charge is 2.09. The van der Waals surface area contributed by atoms with Crippen LogP contribution in [0.1, 0.15) is 28.4 Å². The van der Waals surface area contributed by atoms with Crippen molar-refractivity contribution in [2.45, 2.75) is 26.3 Å². The number of benzene rings is 1. The highest BCUT2D eigenvalue weighted by Crippen LogP contribution is 2.18. The molecule has 0 aliphatic rings. The van der Waals surface area contributed by atoms with Crippen molar-refractivity contribution in [3.8, 4) is 0 Å². The molecule has 0 aliphatic heterocycles. The Labute approximate surface area is 107 Å². The molecule has 1 aromatic heterocycles. The van der Waals surface area contributed by atoms with Crippen molar-refractivity contribution < 1.29 is 4.39 Å². The van der Waals surface area contributed by atoms with E-state index in [9.17, 15) is 4.39 Å². The minimum absolute atomic E-state index is 0.227. The summed E-state index contributed by atoms with van der Waals surface area (Å²) in [7, 11) is 0. The predicted octanol–water partition coefficient (Wildman–Crippen LogP) is 3.08. The van der Waals surface area contributed by atoms with Crippen LogP contribution in [-0.4, -0.2) is 4.98 Å². The number of hydrogen-bond acceptors (Lipinski definition) is 2. The van der Waals surface area contributed by atoms with Gasteiger partial charge in [0.15, 0.2) is 0 Å². The normalized spacial score (nSPS) is 12.4. The van der Waals surface area contributed by atoms with Gasteiger partial charge in [0, 0.05) is 24.4 Å². The second-order valence-electron chi connectivity index (χ2n) is 4.70. The van der Waals surface area contributed by atoms with Gasteiger partial charge in [-0.05, 0) is 48.7 Å². The molecule has 1 atom stereocenters. The standard InChI is InChI=1S/C15H17FN2/c1-10-3-4-14(18-9-10)8-15(17)12-5-11(2)6-13(16)7-12/h3-7,9,15H,8,17H2,1-2H3. The van der Waals surface area contributed by atoms with E-state index < -0.39 is 0 Å². The molecule has 0 radical (unpaired) electrons. The van der Waals surface area contributed by atoms with Crippen LogP contribution in [-0.2, 0) is 6.42 Å². The summed E-state index contributed by atoms with van der Waals surface area (Å²) in [5.41, 5.74) is 9.84. The fourth-order valence-electron chi connectivity index (χ4n) is 1.94. The van der Waals surface area contributed by atoms with Crippen LogP contribution in [0.25, 0.3) is 0 Å². The molecule has 0 saturated heterocycles. The second-order valence-corrected chi connectivity index (χ2v) is 4.70. The van der Waals surface area contributed by atoms with E-state index in [1.807, 2.05) is 38.2 Å². The van der Waals surface area contributed by atoms with Gasteiger partial charge in [-0.25, -0.2) is 4.39 Å². The van der Waals surface area contributed by atoms with Crippen LogP contribution in [0.5, 0.6) is 0 Å². The number of hydrogen-bond donors (Lipinski definition) is 1. The summed E-state index contributed by atoms with van der Waals surface area (Å²) in [6.07, 6.45) is 2.43. The van der Waals surface area contributed by atoms with Crippen molar-refractivity contribution in [3.05, 3.63) is 64.7 Å². The summed E-state index contributed by atoms with van der Waals surface area (Å²) in [6.45, 7) is 3.86. The molecule has 2 N–H and O–H groups in total. The quantitative estimate of drug-likeness (QED) is 0.901. The second kappa shape index (κ2) is 5.27. The van der Waals surface area contributed by atoms with Crippen LogP contribution in [0.2, 0.25) is 0 Å². The molecule has 1 unspecified atom stereocenters. The lowest BCUT2D eigenvalue weighted by atomic mass is 10.0. The molecular weight excluding hydrogens is 227 g/mol. The van der Waals surface area contributed by atoms with Crippen LogP contribution >= 0.6 is 0 Å². The largest absolute Gasteiger partial charge is 0.324 e. The first-order valence-corrected chi connectivity index (χ1v) is 5.99. The maximum Gasteiger partial charge on any atom is 0.123 e. The molecule has 2 nitrogen and oxygen atoms in total. The molecule has 1 heterocycles. The van der Waals surface area contributed by atoms with E-state index in [1.54, 1.807) is 0 Å². The first kappa shape index (κ1) is 12.7. The summed E-state index contributed by atoms with van der Waals surface area (Å²) in [6, 6.07) is 8.65. The van der Waals surface area contributed by atoms with E-state index >= 15 is 0 Å². The Balaban J connectivity index is 2.16. The van der Waals surface area contributed by atoms with Gasteiger partial charge < -0.3 is 5.73 Å². The number of pyridine rings is 1. The number of aryl methyl sites for hydroxylation is 2. The van der Waals surface area contributed by atoms with Gasteiger partial charge in [-0.3, -0.25) is 4.98 Å². The van der Waals surface area contributed by atoms with E-state index in [0.717, 1.165) is 22.4 Å². The molecule has 0 bridgehead atoms. The average molecular weight is 244 g/mol. The lowest BCUT2D eigenvalue weighted by Gasteiger charge is -2.12. The molecule has 1 aromatic carbocycles. The minimum atomic E-state index is -0.239. The van der Waals surface area contributed by atoms with Crippen molar-refractivity contribution >= 4 is 0 Å². The topological polar surface area (TPSA) is 38.9 Å². The third-order valence-corrected chi connectivity index (χ3v) is 2.89. The minimum Gasteiger partial charge on any atom is -0.324 e. The zero-order chi connectivity index (χ0) is 13.1. The third kappa shape index (κ3) is 3.14. The number of aromatic nitrogens is 1. The number of nitrogens with two attached hydrogens (primary N) is 1. The van der Waals surface area contributed by atoms with E-state index in [0.29, 0.717) is 6.42 Å². The van der Waals surface area contributed by atoms with Gasteiger partial charge in [0.25, 0.3) is 0 Å². The highest BCUT2D eigenvalue weighted by molar-refractivity contribution is 5.27. The maximum absolute atomic E-state index is 13.3. The lowest BCUT2D eigenvalue weighted by molar-refractivity contribution is 0.616. The van der Waals surface area contributed by atoms with E-state index in [2.05, 4.69) is 4.98 Å². The van der Waals surface area contributed by atoms with E-state index in [1.165, 1.54) is 12.1 Å². The van der Waals surface area contributed by atoms with Gasteiger partial charge in [0.1, 0.15) is 5.82 Å². The Morgan fingerprint density at radius 1 is 1.17 bits per heavy atom. The fraction of sp³-hybridized carbons (Fsp3) is 0.267. The van der Waals surface area contributed by atoms with Crippen LogP contribution in [0.15, 0.2) is 36.5 Å². The zero-order valence-electron chi connectivity index (χ0n) is 10.7. The van der Waals surface area contributed by atoms with Gasteiger partial charge >= 0.3 is 0 Å². The van der Waals surface area contributed by atoms with Crippen LogP contribution in [0, 0.1) is 19.7 Å². The molecule has 0 aliphatic carbocycles. The molecule has 0 saturated carbocycles. The van der Waals surface area contributed by atoms with Gasteiger partial charge in [-0.2, -0.15) is 0 Å². The Morgan fingerprint density at radius 3 is 2.56 bits per heavy atom.